The lowest BCUT2D eigenvalue weighted by atomic mass is 10.1. The number of rotatable bonds is 4. The van der Waals surface area contributed by atoms with Gasteiger partial charge in [-0.1, -0.05) is 17.7 Å². The smallest absolute Gasteiger partial charge is 0.255 e. The van der Waals surface area contributed by atoms with Crippen LogP contribution < -0.4 is 4.74 Å². The van der Waals surface area contributed by atoms with Crippen LogP contribution in [0.25, 0.3) is 0 Å². The number of ether oxygens (including phenoxy) is 1. The molecule has 0 spiro atoms. The molecule has 1 aromatic carbocycles. The molecule has 110 valence electrons. The van der Waals surface area contributed by atoms with Crippen molar-refractivity contribution in [3.05, 3.63) is 53.3 Å². The summed E-state index contributed by atoms with van der Waals surface area (Å²) in [4.78, 5) is 17.7. The number of carbonyl (C=O) groups excluding carboxylic acids is 1. The predicted octanol–water partition coefficient (Wildman–Crippen LogP) is 2.38. The van der Waals surface area contributed by atoms with Crippen LogP contribution in [0, 0.1) is 6.92 Å². The fraction of sp³-hybridized carbons (Fsp3) is 0.250. The van der Waals surface area contributed by atoms with Gasteiger partial charge in [-0.3, -0.25) is 9.78 Å². The minimum Gasteiger partial charge on any atom is -0.506 e. The van der Waals surface area contributed by atoms with Crippen LogP contribution in [0.2, 0.25) is 0 Å². The van der Waals surface area contributed by atoms with Crippen LogP contribution in [0.4, 0.5) is 0 Å². The number of nitrogens with zero attached hydrogens (tertiary/aromatic N) is 2. The van der Waals surface area contributed by atoms with Crippen molar-refractivity contribution >= 4 is 5.91 Å². The second-order valence-corrected chi connectivity index (χ2v) is 4.91. The van der Waals surface area contributed by atoms with Crippen molar-refractivity contribution in [2.24, 2.45) is 0 Å². The monoisotopic (exact) mass is 286 g/mol. The van der Waals surface area contributed by atoms with E-state index in [1.54, 1.807) is 19.1 Å². The average molecular weight is 286 g/mol. The standard InChI is InChI=1S/C16H18N2O3/c1-11-4-5-15(21-3)13(6-11)10-18(2)16(20)12-7-14(19)9-17-8-12/h4-9,19H,10H2,1-3H3. The van der Waals surface area contributed by atoms with E-state index in [-0.39, 0.29) is 11.7 Å². The van der Waals surface area contributed by atoms with Crippen molar-refractivity contribution in [2.75, 3.05) is 14.2 Å². The molecule has 0 bridgehead atoms. The molecule has 0 aliphatic carbocycles. The van der Waals surface area contributed by atoms with E-state index < -0.39 is 0 Å². The van der Waals surface area contributed by atoms with Gasteiger partial charge in [-0.15, -0.1) is 0 Å². The lowest BCUT2D eigenvalue weighted by molar-refractivity contribution is 0.0783. The summed E-state index contributed by atoms with van der Waals surface area (Å²) in [5.41, 5.74) is 2.39. The van der Waals surface area contributed by atoms with Crippen molar-refractivity contribution in [3.8, 4) is 11.5 Å². The molecule has 1 heterocycles. The molecule has 2 aromatic rings. The summed E-state index contributed by atoms with van der Waals surface area (Å²) in [6.07, 6.45) is 2.73. The Morgan fingerprint density at radius 1 is 1.33 bits per heavy atom. The molecular formula is C16H18N2O3. The maximum Gasteiger partial charge on any atom is 0.255 e. The predicted molar refractivity (Wildman–Crippen MR) is 79.4 cm³/mol. The molecule has 1 aromatic heterocycles. The summed E-state index contributed by atoms with van der Waals surface area (Å²) >= 11 is 0. The minimum absolute atomic E-state index is 0.0256. The highest BCUT2D eigenvalue weighted by Crippen LogP contribution is 2.22. The van der Waals surface area contributed by atoms with Gasteiger partial charge < -0.3 is 14.7 Å². The van der Waals surface area contributed by atoms with Gasteiger partial charge in [0.15, 0.2) is 0 Å². The molecular weight excluding hydrogens is 268 g/mol. The summed E-state index contributed by atoms with van der Waals surface area (Å²) in [5.74, 6) is 0.513. The molecule has 0 saturated carbocycles. The van der Waals surface area contributed by atoms with E-state index in [1.807, 2.05) is 25.1 Å². The number of hydrogen-bond donors (Lipinski definition) is 1. The van der Waals surface area contributed by atoms with Crippen LogP contribution in [-0.2, 0) is 6.54 Å². The number of pyridine rings is 1. The summed E-state index contributed by atoms with van der Waals surface area (Å²) < 4.78 is 5.32. The highest BCUT2D eigenvalue weighted by molar-refractivity contribution is 5.94. The quantitative estimate of drug-likeness (QED) is 0.937. The van der Waals surface area contributed by atoms with Crippen LogP contribution in [0.5, 0.6) is 11.5 Å². The molecule has 0 saturated heterocycles. The van der Waals surface area contributed by atoms with Gasteiger partial charge in [-0.2, -0.15) is 0 Å². The van der Waals surface area contributed by atoms with Gasteiger partial charge in [0.05, 0.1) is 18.9 Å². The van der Waals surface area contributed by atoms with Crippen LogP contribution in [-0.4, -0.2) is 35.1 Å². The van der Waals surface area contributed by atoms with Crippen molar-refractivity contribution in [3.63, 3.8) is 0 Å². The van der Waals surface area contributed by atoms with Crippen molar-refractivity contribution in [1.29, 1.82) is 0 Å². The normalized spacial score (nSPS) is 10.2. The van der Waals surface area contributed by atoms with Gasteiger partial charge in [0.25, 0.3) is 5.91 Å². The Labute approximate surface area is 123 Å². The highest BCUT2D eigenvalue weighted by atomic mass is 16.5. The molecule has 0 fully saturated rings. The number of aromatic nitrogens is 1. The van der Waals surface area contributed by atoms with Crippen molar-refractivity contribution in [1.82, 2.24) is 9.88 Å². The molecule has 0 unspecified atom stereocenters. The molecule has 0 atom stereocenters. The van der Waals surface area contributed by atoms with Crippen molar-refractivity contribution < 1.29 is 14.6 Å². The molecule has 1 amide bonds. The Hall–Kier alpha value is -2.56. The van der Waals surface area contributed by atoms with E-state index >= 15 is 0 Å². The van der Waals surface area contributed by atoms with Crippen molar-refractivity contribution in [2.45, 2.75) is 13.5 Å². The molecule has 2 rings (SSSR count). The van der Waals surface area contributed by atoms with E-state index in [4.69, 9.17) is 4.74 Å². The number of aryl methyl sites for hydroxylation is 1. The Kier molecular flexibility index (Phi) is 4.42. The number of aromatic hydroxyl groups is 1. The van der Waals surface area contributed by atoms with Gasteiger partial charge >= 0.3 is 0 Å². The molecule has 21 heavy (non-hydrogen) atoms. The summed E-state index contributed by atoms with van der Waals surface area (Å²) in [6.45, 7) is 2.41. The van der Waals surface area contributed by atoms with E-state index in [9.17, 15) is 9.90 Å². The van der Waals surface area contributed by atoms with E-state index in [1.165, 1.54) is 18.5 Å². The first kappa shape index (κ1) is 14.8. The third-order valence-corrected chi connectivity index (χ3v) is 3.16. The minimum atomic E-state index is -0.207. The molecule has 0 aliphatic heterocycles. The molecule has 0 radical (unpaired) electrons. The lowest BCUT2D eigenvalue weighted by Gasteiger charge is -2.19. The third kappa shape index (κ3) is 3.51. The fourth-order valence-electron chi connectivity index (χ4n) is 2.12. The zero-order chi connectivity index (χ0) is 15.4. The second-order valence-electron chi connectivity index (χ2n) is 4.91. The number of hydrogen-bond acceptors (Lipinski definition) is 4. The first-order chi connectivity index (χ1) is 10.0. The van der Waals surface area contributed by atoms with Gasteiger partial charge in [0.1, 0.15) is 11.5 Å². The molecule has 1 N–H and O–H groups in total. The Balaban J connectivity index is 2.19. The van der Waals surface area contributed by atoms with E-state index in [2.05, 4.69) is 4.98 Å². The fourth-order valence-corrected chi connectivity index (χ4v) is 2.12. The van der Waals surface area contributed by atoms with Crippen LogP contribution in [0.1, 0.15) is 21.5 Å². The third-order valence-electron chi connectivity index (χ3n) is 3.16. The van der Waals surface area contributed by atoms with Crippen LogP contribution in [0.15, 0.2) is 36.7 Å². The lowest BCUT2D eigenvalue weighted by Crippen LogP contribution is -2.26. The largest absolute Gasteiger partial charge is 0.506 e. The Morgan fingerprint density at radius 3 is 2.76 bits per heavy atom. The van der Waals surface area contributed by atoms with Crippen LogP contribution >= 0.6 is 0 Å². The number of benzene rings is 1. The van der Waals surface area contributed by atoms with E-state index in [0.29, 0.717) is 12.1 Å². The summed E-state index contributed by atoms with van der Waals surface area (Å²) in [7, 11) is 3.31. The van der Waals surface area contributed by atoms with Gasteiger partial charge in [-0.25, -0.2) is 0 Å². The second kappa shape index (κ2) is 6.26. The first-order valence-electron chi connectivity index (χ1n) is 6.54. The topological polar surface area (TPSA) is 62.7 Å². The van der Waals surface area contributed by atoms with Gasteiger partial charge in [-0.05, 0) is 19.1 Å². The summed E-state index contributed by atoms with van der Waals surface area (Å²) in [5, 5.41) is 9.40. The van der Waals surface area contributed by atoms with Gasteiger partial charge in [0.2, 0.25) is 0 Å². The SMILES string of the molecule is COc1ccc(C)cc1CN(C)C(=O)c1cncc(O)c1. The molecule has 0 aliphatic rings. The summed E-state index contributed by atoms with van der Waals surface area (Å²) in [6, 6.07) is 7.24. The van der Waals surface area contributed by atoms with Gasteiger partial charge in [0, 0.05) is 25.4 Å². The molecule has 5 heteroatoms. The number of amides is 1. The molecule has 5 nitrogen and oxygen atoms in total. The van der Waals surface area contributed by atoms with Crippen LogP contribution in [0.3, 0.4) is 0 Å². The number of carbonyl (C=O) groups is 1. The maximum absolute atomic E-state index is 12.3. The van der Waals surface area contributed by atoms with E-state index in [0.717, 1.165) is 16.9 Å². The Bertz CT molecular complexity index is 656. The zero-order valence-electron chi connectivity index (χ0n) is 12.3. The first-order valence-corrected chi connectivity index (χ1v) is 6.54. The number of methoxy groups -OCH3 is 1. The average Bonchev–Trinajstić information content (AvgIpc) is 2.46. The highest BCUT2D eigenvalue weighted by Gasteiger charge is 2.15. The maximum atomic E-state index is 12.3. The zero-order valence-corrected chi connectivity index (χ0v) is 12.3. The Morgan fingerprint density at radius 2 is 2.10 bits per heavy atom.